The van der Waals surface area contributed by atoms with Crippen molar-refractivity contribution in [2.45, 2.75) is 19.4 Å². The summed E-state index contributed by atoms with van der Waals surface area (Å²) in [6, 6.07) is 3.58. The Morgan fingerprint density at radius 1 is 1.53 bits per heavy atom. The molecule has 7 heteroatoms. The molecule has 1 aliphatic heterocycles. The summed E-state index contributed by atoms with van der Waals surface area (Å²) in [5.41, 5.74) is 3.38. The first-order valence-corrected chi connectivity index (χ1v) is 5.82. The lowest BCUT2D eigenvalue weighted by molar-refractivity contribution is -0.121. The molecule has 0 aromatic carbocycles. The molecule has 0 atom stereocenters. The highest BCUT2D eigenvalue weighted by Crippen LogP contribution is 2.12. The Kier molecular flexibility index (Phi) is 4.07. The number of pyridine rings is 1. The minimum absolute atomic E-state index is 0.175. The number of carbonyl (C=O) groups is 2. The molecule has 0 radical (unpaired) electrons. The first-order valence-electron chi connectivity index (χ1n) is 5.82. The fourth-order valence-corrected chi connectivity index (χ4v) is 1.66. The summed E-state index contributed by atoms with van der Waals surface area (Å²) in [5.74, 6) is -0.00179. The van der Waals surface area contributed by atoms with Crippen molar-refractivity contribution in [3.63, 3.8) is 0 Å². The lowest BCUT2D eigenvalue weighted by atomic mass is 10.1. The lowest BCUT2D eigenvalue weighted by Gasteiger charge is -2.12. The van der Waals surface area contributed by atoms with Crippen molar-refractivity contribution < 1.29 is 14.3 Å². The molecule has 2 amide bonds. The molecule has 0 unspecified atom stereocenters. The van der Waals surface area contributed by atoms with E-state index in [4.69, 9.17) is 4.74 Å². The van der Waals surface area contributed by atoms with Crippen LogP contribution in [0.3, 0.4) is 0 Å². The molecule has 0 fully saturated rings. The van der Waals surface area contributed by atoms with Crippen molar-refractivity contribution in [3.8, 4) is 5.88 Å². The van der Waals surface area contributed by atoms with E-state index in [-0.39, 0.29) is 18.2 Å². The van der Waals surface area contributed by atoms with Gasteiger partial charge >= 0.3 is 0 Å². The van der Waals surface area contributed by atoms with Crippen LogP contribution in [0.1, 0.15) is 18.4 Å². The maximum absolute atomic E-state index is 11.8. The Bertz CT molecular complexity index is 527. The topological polar surface area (TPSA) is 92.7 Å². The second-order valence-corrected chi connectivity index (χ2v) is 3.95. The number of rotatable bonds is 4. The maximum Gasteiger partial charge on any atom is 0.267 e. The van der Waals surface area contributed by atoms with E-state index in [1.807, 2.05) is 6.07 Å². The molecule has 0 bridgehead atoms. The molecule has 19 heavy (non-hydrogen) atoms. The molecule has 7 nitrogen and oxygen atoms in total. The van der Waals surface area contributed by atoms with Gasteiger partial charge in [-0.2, -0.15) is 5.10 Å². The number of aromatic nitrogens is 1. The minimum atomic E-state index is -0.300. The van der Waals surface area contributed by atoms with E-state index in [9.17, 15) is 9.59 Å². The highest BCUT2D eigenvalue weighted by atomic mass is 16.5. The van der Waals surface area contributed by atoms with Crippen molar-refractivity contribution in [2.24, 2.45) is 5.10 Å². The van der Waals surface area contributed by atoms with Gasteiger partial charge in [-0.3, -0.25) is 9.59 Å². The summed E-state index contributed by atoms with van der Waals surface area (Å²) >= 11 is 0. The minimum Gasteiger partial charge on any atom is -0.481 e. The van der Waals surface area contributed by atoms with Crippen LogP contribution in [-0.4, -0.2) is 29.6 Å². The Balaban J connectivity index is 1.95. The number of nitrogens with zero attached hydrogens (tertiary/aromatic N) is 2. The number of ether oxygens (including phenoxy) is 1. The molecule has 1 aromatic rings. The number of nitrogens with one attached hydrogen (secondary N) is 2. The quantitative estimate of drug-likeness (QED) is 0.797. The molecule has 1 aliphatic rings. The van der Waals surface area contributed by atoms with Crippen molar-refractivity contribution in [1.29, 1.82) is 0 Å². The van der Waals surface area contributed by atoms with Gasteiger partial charge < -0.3 is 10.1 Å². The van der Waals surface area contributed by atoms with Crippen LogP contribution in [0.2, 0.25) is 0 Å². The van der Waals surface area contributed by atoms with Crippen molar-refractivity contribution in [1.82, 2.24) is 15.7 Å². The van der Waals surface area contributed by atoms with Gasteiger partial charge in [-0.15, -0.1) is 0 Å². The molecule has 0 spiro atoms. The third kappa shape index (κ3) is 3.27. The second kappa shape index (κ2) is 5.94. The number of hydrogen-bond acceptors (Lipinski definition) is 5. The summed E-state index contributed by atoms with van der Waals surface area (Å²) < 4.78 is 5.09. The number of carbonyl (C=O) groups excluding carboxylic acids is 2. The molecule has 100 valence electrons. The Labute approximate surface area is 110 Å². The molecule has 1 aromatic heterocycles. The summed E-state index contributed by atoms with van der Waals surface area (Å²) in [6.07, 6.45) is 2.25. The van der Waals surface area contributed by atoms with Gasteiger partial charge in [0.25, 0.3) is 5.91 Å². The molecule has 0 aliphatic carbocycles. The van der Waals surface area contributed by atoms with Crippen LogP contribution in [0.25, 0.3) is 0 Å². The van der Waals surface area contributed by atoms with E-state index >= 15 is 0 Å². The number of hydrogen-bond donors (Lipinski definition) is 2. The van der Waals surface area contributed by atoms with Crippen LogP contribution in [0.4, 0.5) is 0 Å². The SMILES string of the molecule is COc1ncccc1CNC(=O)C1=NNC(=O)CC1. The number of hydrazone groups is 1. The molecular formula is C12H14N4O3. The molecule has 0 saturated carbocycles. The number of methoxy groups -OCH3 is 1. The first kappa shape index (κ1) is 13.0. The smallest absolute Gasteiger partial charge is 0.267 e. The van der Waals surface area contributed by atoms with Crippen LogP contribution in [0, 0.1) is 0 Å². The van der Waals surface area contributed by atoms with Crippen molar-refractivity contribution >= 4 is 17.5 Å². The fraction of sp³-hybridized carbons (Fsp3) is 0.333. The molecule has 2 rings (SSSR count). The van der Waals surface area contributed by atoms with E-state index in [1.165, 1.54) is 7.11 Å². The van der Waals surface area contributed by atoms with E-state index in [2.05, 4.69) is 20.8 Å². The van der Waals surface area contributed by atoms with Crippen molar-refractivity contribution in [3.05, 3.63) is 23.9 Å². The first-order chi connectivity index (χ1) is 9.20. The summed E-state index contributed by atoms with van der Waals surface area (Å²) in [4.78, 5) is 26.8. The standard InChI is InChI=1S/C12H14N4O3/c1-19-12-8(3-2-6-13-12)7-14-11(18)9-4-5-10(17)16-15-9/h2-3,6H,4-5,7H2,1H3,(H,14,18)(H,16,17). The normalized spacial score (nSPS) is 14.4. The molecule has 2 heterocycles. The zero-order valence-corrected chi connectivity index (χ0v) is 10.5. The third-order valence-corrected chi connectivity index (χ3v) is 2.65. The van der Waals surface area contributed by atoms with Gasteiger partial charge in [0.05, 0.1) is 7.11 Å². The second-order valence-electron chi connectivity index (χ2n) is 3.95. The van der Waals surface area contributed by atoms with Crippen LogP contribution in [0.5, 0.6) is 5.88 Å². The van der Waals surface area contributed by atoms with Crippen LogP contribution >= 0.6 is 0 Å². The van der Waals surface area contributed by atoms with Gasteiger partial charge in [-0.1, -0.05) is 6.07 Å². The van der Waals surface area contributed by atoms with E-state index in [1.54, 1.807) is 12.3 Å². The van der Waals surface area contributed by atoms with Gasteiger partial charge in [-0.05, 0) is 6.07 Å². The highest BCUT2D eigenvalue weighted by molar-refractivity contribution is 6.39. The summed E-state index contributed by atoms with van der Waals surface area (Å²) in [5, 5.41) is 6.44. The molecular weight excluding hydrogens is 248 g/mol. The van der Waals surface area contributed by atoms with Gasteiger partial charge in [0.15, 0.2) is 0 Å². The number of amides is 2. The predicted molar refractivity (Wildman–Crippen MR) is 67.4 cm³/mol. The van der Waals surface area contributed by atoms with Crippen LogP contribution < -0.4 is 15.5 Å². The molecule has 0 saturated heterocycles. The van der Waals surface area contributed by atoms with Gasteiger partial charge in [0, 0.05) is 31.1 Å². The maximum atomic E-state index is 11.8. The largest absolute Gasteiger partial charge is 0.481 e. The Morgan fingerprint density at radius 2 is 2.37 bits per heavy atom. The van der Waals surface area contributed by atoms with E-state index < -0.39 is 0 Å². The van der Waals surface area contributed by atoms with E-state index in [0.717, 1.165) is 5.56 Å². The van der Waals surface area contributed by atoms with Gasteiger partial charge in [-0.25, -0.2) is 10.4 Å². The average molecular weight is 262 g/mol. The predicted octanol–water partition coefficient (Wildman–Crippen LogP) is -0.0276. The van der Waals surface area contributed by atoms with Crippen molar-refractivity contribution in [2.75, 3.05) is 7.11 Å². The Morgan fingerprint density at radius 3 is 3.05 bits per heavy atom. The van der Waals surface area contributed by atoms with Crippen LogP contribution in [0.15, 0.2) is 23.4 Å². The highest BCUT2D eigenvalue weighted by Gasteiger charge is 2.18. The third-order valence-electron chi connectivity index (χ3n) is 2.65. The fourth-order valence-electron chi connectivity index (χ4n) is 1.66. The Hall–Kier alpha value is -2.44. The summed E-state index contributed by atoms with van der Waals surface area (Å²) in [6.45, 7) is 0.294. The van der Waals surface area contributed by atoms with Crippen LogP contribution in [-0.2, 0) is 16.1 Å². The van der Waals surface area contributed by atoms with Gasteiger partial charge in [0.2, 0.25) is 11.8 Å². The summed E-state index contributed by atoms with van der Waals surface area (Å²) in [7, 11) is 1.52. The molecule has 2 N–H and O–H groups in total. The lowest BCUT2D eigenvalue weighted by Crippen LogP contribution is -2.36. The monoisotopic (exact) mass is 262 g/mol. The zero-order chi connectivity index (χ0) is 13.7. The van der Waals surface area contributed by atoms with Gasteiger partial charge in [0.1, 0.15) is 5.71 Å². The average Bonchev–Trinajstić information content (AvgIpc) is 2.45. The zero-order valence-electron chi connectivity index (χ0n) is 10.5. The van der Waals surface area contributed by atoms with E-state index in [0.29, 0.717) is 24.6 Å².